The molecule has 2 nitrogen and oxygen atoms in total. The minimum Gasteiger partial charge on any atom is -0.298 e. The Balaban J connectivity index is 3.39. The van der Waals surface area contributed by atoms with Gasteiger partial charge in [0.25, 0.3) is 0 Å². The Labute approximate surface area is 48.9 Å². The van der Waals surface area contributed by atoms with Gasteiger partial charge in [-0.3, -0.25) is 4.79 Å². The van der Waals surface area contributed by atoms with E-state index in [0.29, 0.717) is 6.42 Å². The first kappa shape index (κ1) is 7.12. The summed E-state index contributed by atoms with van der Waals surface area (Å²) in [7, 11) is 0. The van der Waals surface area contributed by atoms with Crippen LogP contribution in [0.1, 0.15) is 13.3 Å². The van der Waals surface area contributed by atoms with Gasteiger partial charge in [0.1, 0.15) is 6.54 Å². The Bertz CT molecular complexity index is 122. The van der Waals surface area contributed by atoms with Crippen LogP contribution in [0.5, 0.6) is 0 Å². The predicted octanol–water partition coefficient (Wildman–Crippen LogP) is 0.821. The van der Waals surface area contributed by atoms with E-state index in [2.05, 4.69) is 17.4 Å². The number of rotatable bonds is 3. The molecule has 0 heterocycles. The molecule has 0 saturated carbocycles. The Morgan fingerprint density at radius 1 is 1.88 bits per heavy atom. The fourth-order valence-electron chi connectivity index (χ4n) is 0.256. The van der Waals surface area contributed by atoms with Crippen LogP contribution in [0, 0.1) is 0 Å². The average Bonchev–Trinajstić information content (AvgIpc) is 1.83. The van der Waals surface area contributed by atoms with Crippen LogP contribution in [0.15, 0.2) is 11.6 Å². The van der Waals surface area contributed by atoms with Gasteiger partial charge in [-0.05, 0) is 12.4 Å². The van der Waals surface area contributed by atoms with E-state index in [0.717, 1.165) is 0 Å². The molecule has 0 amide bonds. The quantitative estimate of drug-likeness (QED) is 0.496. The largest absolute Gasteiger partial charge is 0.298 e. The number of ketones is 1. The number of aliphatic imine (C=N–C) groups is 1. The van der Waals surface area contributed by atoms with Crippen molar-refractivity contribution in [2.24, 2.45) is 4.99 Å². The smallest absolute Gasteiger partial charge is 0.154 e. The molecule has 0 N–H and O–H groups in total. The Morgan fingerprint density at radius 3 is 2.88 bits per heavy atom. The van der Waals surface area contributed by atoms with E-state index < -0.39 is 0 Å². The number of Topliss-reactive ketones (excluding diaryl/α,β-unsaturated/α-hetero) is 1. The summed E-state index contributed by atoms with van der Waals surface area (Å²) >= 11 is 0. The molecule has 0 aromatic heterocycles. The molecule has 2 heteroatoms. The summed E-state index contributed by atoms with van der Waals surface area (Å²) in [5.41, 5.74) is 0. The number of carbonyl (C=O) groups is 1. The van der Waals surface area contributed by atoms with Crippen LogP contribution in [-0.2, 0) is 4.79 Å². The number of nitrogens with zero attached hydrogens (tertiary/aromatic N) is 1. The lowest BCUT2D eigenvalue weighted by Crippen LogP contribution is -1.98. The van der Waals surface area contributed by atoms with Crippen molar-refractivity contribution in [3.05, 3.63) is 6.58 Å². The Hall–Kier alpha value is -0.880. The standard InChI is InChI=1S/C6H9NO/c1-3-6(8)5-7-4-2/h2-3,5H2,1H3. The van der Waals surface area contributed by atoms with Crippen molar-refractivity contribution in [1.29, 1.82) is 0 Å². The van der Waals surface area contributed by atoms with Crippen LogP contribution in [0.3, 0.4) is 0 Å². The van der Waals surface area contributed by atoms with Crippen molar-refractivity contribution in [2.45, 2.75) is 13.3 Å². The minimum absolute atomic E-state index is 0.126. The third-order valence-electron chi connectivity index (χ3n) is 0.762. The van der Waals surface area contributed by atoms with Crippen LogP contribution in [0.4, 0.5) is 0 Å². The van der Waals surface area contributed by atoms with Crippen molar-refractivity contribution in [2.75, 3.05) is 6.54 Å². The van der Waals surface area contributed by atoms with Crippen molar-refractivity contribution >= 4 is 11.7 Å². The molecule has 44 valence electrons. The summed E-state index contributed by atoms with van der Waals surface area (Å²) in [6, 6.07) is 0. The van der Waals surface area contributed by atoms with Crippen LogP contribution >= 0.6 is 0 Å². The number of carbonyl (C=O) groups excluding carboxylic acids is 1. The minimum atomic E-state index is 0.126. The van der Waals surface area contributed by atoms with Gasteiger partial charge in [-0.1, -0.05) is 6.92 Å². The molecule has 0 aromatic carbocycles. The maximum Gasteiger partial charge on any atom is 0.154 e. The first-order valence-electron chi connectivity index (χ1n) is 2.51. The molecule has 0 aliphatic heterocycles. The molecule has 0 rings (SSSR count). The number of hydrogen-bond acceptors (Lipinski definition) is 2. The van der Waals surface area contributed by atoms with Gasteiger partial charge >= 0.3 is 0 Å². The van der Waals surface area contributed by atoms with Gasteiger partial charge in [-0.15, -0.1) is 0 Å². The molecule has 0 atom stereocenters. The second-order valence-electron chi connectivity index (χ2n) is 1.37. The van der Waals surface area contributed by atoms with Crippen LogP contribution in [0.25, 0.3) is 0 Å². The maximum absolute atomic E-state index is 10.4. The van der Waals surface area contributed by atoms with Gasteiger partial charge in [-0.2, -0.15) is 0 Å². The summed E-state index contributed by atoms with van der Waals surface area (Å²) in [5.74, 6) is 2.41. The molecule has 0 bridgehead atoms. The second-order valence-corrected chi connectivity index (χ2v) is 1.37. The van der Waals surface area contributed by atoms with Crippen molar-refractivity contribution in [3.8, 4) is 0 Å². The third-order valence-corrected chi connectivity index (χ3v) is 0.762. The van der Waals surface area contributed by atoms with Gasteiger partial charge in [0.2, 0.25) is 0 Å². The molecule has 0 radical (unpaired) electrons. The Morgan fingerprint density at radius 2 is 2.50 bits per heavy atom. The topological polar surface area (TPSA) is 29.4 Å². The highest BCUT2D eigenvalue weighted by atomic mass is 16.1. The lowest BCUT2D eigenvalue weighted by molar-refractivity contribution is -0.117. The normalized spacial score (nSPS) is 7.62. The molecule has 8 heavy (non-hydrogen) atoms. The fraction of sp³-hybridized carbons (Fsp3) is 0.500. The Kier molecular flexibility index (Phi) is 3.81. The van der Waals surface area contributed by atoms with Crippen molar-refractivity contribution < 1.29 is 4.79 Å². The molecular weight excluding hydrogens is 102 g/mol. The fourth-order valence-corrected chi connectivity index (χ4v) is 0.256. The maximum atomic E-state index is 10.4. The zero-order chi connectivity index (χ0) is 6.41. The van der Waals surface area contributed by atoms with E-state index in [-0.39, 0.29) is 12.3 Å². The highest BCUT2D eigenvalue weighted by Gasteiger charge is 1.90. The van der Waals surface area contributed by atoms with Crippen molar-refractivity contribution in [1.82, 2.24) is 0 Å². The first-order chi connectivity index (χ1) is 3.81. The zero-order valence-corrected chi connectivity index (χ0v) is 4.98. The van der Waals surface area contributed by atoms with Crippen LogP contribution in [0.2, 0.25) is 0 Å². The second kappa shape index (κ2) is 4.28. The molecule has 0 aliphatic rings. The van der Waals surface area contributed by atoms with Gasteiger partial charge in [-0.25, -0.2) is 4.99 Å². The summed E-state index contributed by atoms with van der Waals surface area (Å²) in [6.07, 6.45) is 0.547. The van der Waals surface area contributed by atoms with E-state index in [1.165, 1.54) is 0 Å². The zero-order valence-electron chi connectivity index (χ0n) is 4.98. The summed E-state index contributed by atoms with van der Waals surface area (Å²) in [6.45, 7) is 5.27. The monoisotopic (exact) mass is 111 g/mol. The molecule has 0 fully saturated rings. The van der Waals surface area contributed by atoms with Crippen LogP contribution < -0.4 is 0 Å². The molecule has 0 spiro atoms. The third kappa shape index (κ3) is 3.32. The lowest BCUT2D eigenvalue weighted by atomic mass is 10.3. The van der Waals surface area contributed by atoms with Gasteiger partial charge < -0.3 is 0 Å². The summed E-state index contributed by atoms with van der Waals surface area (Å²) in [4.78, 5) is 13.9. The SMILES string of the molecule is C=C=NCC(=O)CC. The highest BCUT2D eigenvalue weighted by Crippen LogP contribution is 1.78. The lowest BCUT2D eigenvalue weighted by Gasteiger charge is -1.83. The van der Waals surface area contributed by atoms with Gasteiger partial charge in [0.05, 0.1) is 0 Å². The molecular formula is C6H9NO. The van der Waals surface area contributed by atoms with Crippen molar-refractivity contribution in [3.63, 3.8) is 0 Å². The van der Waals surface area contributed by atoms with E-state index in [4.69, 9.17) is 0 Å². The van der Waals surface area contributed by atoms with E-state index in [1.54, 1.807) is 6.92 Å². The molecule has 0 unspecified atom stereocenters. The summed E-state index contributed by atoms with van der Waals surface area (Å²) in [5, 5.41) is 0. The van der Waals surface area contributed by atoms with E-state index in [9.17, 15) is 4.79 Å². The van der Waals surface area contributed by atoms with Gasteiger partial charge in [0, 0.05) is 6.42 Å². The predicted molar refractivity (Wildman–Crippen MR) is 33.2 cm³/mol. The van der Waals surface area contributed by atoms with E-state index in [1.807, 2.05) is 0 Å². The molecule has 0 saturated heterocycles. The van der Waals surface area contributed by atoms with Crippen LogP contribution in [-0.4, -0.2) is 18.2 Å². The molecule has 0 aromatic rings. The first-order valence-corrected chi connectivity index (χ1v) is 2.51. The highest BCUT2D eigenvalue weighted by molar-refractivity contribution is 5.81. The average molecular weight is 111 g/mol. The molecule has 0 aliphatic carbocycles. The van der Waals surface area contributed by atoms with Gasteiger partial charge in [0.15, 0.2) is 5.78 Å². The summed E-state index contributed by atoms with van der Waals surface area (Å²) < 4.78 is 0. The van der Waals surface area contributed by atoms with E-state index >= 15 is 0 Å². The number of hydrogen-bond donors (Lipinski definition) is 0.